The molecular formula is C28H27ClN6O. The summed E-state index contributed by atoms with van der Waals surface area (Å²) in [6.45, 7) is 4.16. The second-order valence-electron chi connectivity index (χ2n) is 9.00. The highest BCUT2D eigenvalue weighted by atomic mass is 35.5. The number of H-pyrrole nitrogens is 1. The number of rotatable bonds is 9. The third kappa shape index (κ3) is 5.70. The van der Waals surface area contributed by atoms with Crippen molar-refractivity contribution >= 4 is 22.5 Å². The summed E-state index contributed by atoms with van der Waals surface area (Å²) in [5, 5.41) is 14.1. The molecule has 182 valence electrons. The second-order valence-corrected chi connectivity index (χ2v) is 9.41. The van der Waals surface area contributed by atoms with Crippen molar-refractivity contribution in [1.29, 1.82) is 0 Å². The molecule has 2 heterocycles. The van der Waals surface area contributed by atoms with Crippen molar-refractivity contribution in [1.82, 2.24) is 30.1 Å². The van der Waals surface area contributed by atoms with E-state index in [1.807, 2.05) is 72.3 Å². The number of nitrogens with zero attached hydrogens (tertiary/aromatic N) is 5. The Balaban J connectivity index is 1.42. The van der Waals surface area contributed by atoms with Crippen molar-refractivity contribution in [2.45, 2.75) is 39.5 Å². The van der Waals surface area contributed by atoms with Gasteiger partial charge in [0.1, 0.15) is 0 Å². The smallest absolute Gasteiger partial charge is 0.252 e. The largest absolute Gasteiger partial charge is 0.322 e. The van der Waals surface area contributed by atoms with Crippen LogP contribution in [0.2, 0.25) is 5.02 Å². The number of fused-ring (bicyclic) bond motifs is 1. The van der Waals surface area contributed by atoms with Gasteiger partial charge in [-0.05, 0) is 64.5 Å². The summed E-state index contributed by atoms with van der Waals surface area (Å²) in [4.78, 5) is 18.1. The highest BCUT2D eigenvalue weighted by Crippen LogP contribution is 2.20. The van der Waals surface area contributed by atoms with Crippen LogP contribution >= 0.6 is 11.6 Å². The second kappa shape index (κ2) is 10.8. The van der Waals surface area contributed by atoms with E-state index in [0.29, 0.717) is 36.8 Å². The van der Waals surface area contributed by atoms with Gasteiger partial charge < -0.3 is 4.98 Å². The Morgan fingerprint density at radius 2 is 1.69 bits per heavy atom. The first kappa shape index (κ1) is 23.9. The molecule has 0 aliphatic rings. The zero-order valence-electron chi connectivity index (χ0n) is 20.1. The molecule has 5 aromatic rings. The molecule has 1 N–H and O–H groups in total. The number of halogens is 1. The van der Waals surface area contributed by atoms with Crippen LogP contribution in [0.5, 0.6) is 0 Å². The summed E-state index contributed by atoms with van der Waals surface area (Å²) in [5.41, 5.74) is 4.77. The average molecular weight is 499 g/mol. The molecule has 7 nitrogen and oxygen atoms in total. The molecular weight excluding hydrogens is 472 g/mol. The lowest BCUT2D eigenvalue weighted by atomic mass is 10.1. The Kier molecular flexibility index (Phi) is 7.21. The topological polar surface area (TPSA) is 79.7 Å². The fraction of sp³-hybridized carbons (Fsp3) is 0.214. The molecule has 5 rings (SSSR count). The molecule has 0 saturated carbocycles. The summed E-state index contributed by atoms with van der Waals surface area (Å²) in [7, 11) is 0. The normalized spacial score (nSPS) is 11.4. The molecule has 0 spiro atoms. The van der Waals surface area contributed by atoms with Crippen LogP contribution in [0.4, 0.5) is 0 Å². The molecule has 0 saturated heterocycles. The van der Waals surface area contributed by atoms with Crippen LogP contribution in [0.3, 0.4) is 0 Å². The minimum atomic E-state index is -0.0980. The summed E-state index contributed by atoms with van der Waals surface area (Å²) < 4.78 is 1.83. The van der Waals surface area contributed by atoms with Gasteiger partial charge in [-0.25, -0.2) is 4.68 Å². The molecule has 3 aromatic carbocycles. The average Bonchev–Trinajstić information content (AvgIpc) is 3.32. The van der Waals surface area contributed by atoms with Crippen molar-refractivity contribution in [3.63, 3.8) is 0 Å². The Bertz CT molecular complexity index is 1530. The predicted octanol–water partition coefficient (Wildman–Crippen LogP) is 4.92. The van der Waals surface area contributed by atoms with Crippen LogP contribution in [0.15, 0.2) is 83.7 Å². The summed E-state index contributed by atoms with van der Waals surface area (Å²) in [5.74, 6) is 0.742. The van der Waals surface area contributed by atoms with E-state index in [0.717, 1.165) is 34.3 Å². The number of benzene rings is 3. The SMILES string of the molecule is Cc1ccc2[nH]c(=O)c(CN(Cc3ccccc3Cl)Cc3nnnn3CCc3ccccc3)cc2c1. The van der Waals surface area contributed by atoms with Gasteiger partial charge in [-0.1, -0.05) is 71.8 Å². The van der Waals surface area contributed by atoms with E-state index in [2.05, 4.69) is 43.6 Å². The van der Waals surface area contributed by atoms with Crippen molar-refractivity contribution < 1.29 is 0 Å². The predicted molar refractivity (Wildman–Crippen MR) is 142 cm³/mol. The number of aryl methyl sites for hydroxylation is 3. The summed E-state index contributed by atoms with van der Waals surface area (Å²) in [6, 6.07) is 26.0. The zero-order valence-corrected chi connectivity index (χ0v) is 20.8. The number of tetrazole rings is 1. The van der Waals surface area contributed by atoms with Gasteiger partial charge in [0.25, 0.3) is 5.56 Å². The number of nitrogens with one attached hydrogen (secondary N) is 1. The standard InChI is InChI=1S/C28H27ClN6O/c1-20-11-12-26-23(15-20)16-24(28(36)30-26)18-34(17-22-9-5-6-10-25(22)29)19-27-31-32-33-35(27)14-13-21-7-3-2-4-8-21/h2-12,15-16H,13-14,17-19H2,1H3,(H,30,36). The van der Waals surface area contributed by atoms with Crippen molar-refractivity contribution in [3.05, 3.63) is 122 Å². The van der Waals surface area contributed by atoms with Crippen molar-refractivity contribution in [2.24, 2.45) is 0 Å². The number of pyridine rings is 1. The van der Waals surface area contributed by atoms with Crippen LogP contribution < -0.4 is 5.56 Å². The first-order valence-corrected chi connectivity index (χ1v) is 12.3. The van der Waals surface area contributed by atoms with Crippen LogP contribution in [0, 0.1) is 6.92 Å². The van der Waals surface area contributed by atoms with E-state index in [4.69, 9.17) is 11.6 Å². The van der Waals surface area contributed by atoms with Crippen LogP contribution in [-0.2, 0) is 32.6 Å². The Labute approximate surface area is 214 Å². The Morgan fingerprint density at radius 3 is 2.53 bits per heavy atom. The van der Waals surface area contributed by atoms with Gasteiger partial charge in [0.2, 0.25) is 0 Å². The summed E-state index contributed by atoms with van der Waals surface area (Å²) >= 11 is 6.49. The minimum Gasteiger partial charge on any atom is -0.322 e. The van der Waals surface area contributed by atoms with Crippen LogP contribution in [0.1, 0.15) is 28.1 Å². The highest BCUT2D eigenvalue weighted by molar-refractivity contribution is 6.31. The molecule has 0 fully saturated rings. The maximum Gasteiger partial charge on any atom is 0.252 e. The van der Waals surface area contributed by atoms with E-state index in [-0.39, 0.29) is 5.56 Å². The Morgan fingerprint density at radius 1 is 0.917 bits per heavy atom. The van der Waals surface area contributed by atoms with Crippen molar-refractivity contribution in [3.8, 4) is 0 Å². The van der Waals surface area contributed by atoms with Gasteiger partial charge in [0.05, 0.1) is 6.54 Å². The third-order valence-electron chi connectivity index (χ3n) is 6.25. The molecule has 0 atom stereocenters. The lowest BCUT2D eigenvalue weighted by Gasteiger charge is -2.22. The van der Waals surface area contributed by atoms with Crippen molar-refractivity contribution in [2.75, 3.05) is 0 Å². The number of hydrogen-bond donors (Lipinski definition) is 1. The third-order valence-corrected chi connectivity index (χ3v) is 6.62. The van der Waals surface area contributed by atoms with E-state index < -0.39 is 0 Å². The molecule has 0 aliphatic carbocycles. The minimum absolute atomic E-state index is 0.0980. The number of aromatic nitrogens is 5. The fourth-order valence-corrected chi connectivity index (χ4v) is 4.55. The molecule has 8 heteroatoms. The molecule has 0 radical (unpaired) electrons. The molecule has 0 unspecified atom stereocenters. The quantitative estimate of drug-likeness (QED) is 0.312. The molecule has 0 amide bonds. The highest BCUT2D eigenvalue weighted by Gasteiger charge is 2.17. The Hall–Kier alpha value is -3.81. The molecule has 2 aromatic heterocycles. The molecule has 0 aliphatic heterocycles. The maximum atomic E-state index is 12.9. The number of hydrogen-bond acceptors (Lipinski definition) is 5. The van der Waals surface area contributed by atoms with Gasteiger partial charge in [-0.2, -0.15) is 0 Å². The lowest BCUT2D eigenvalue weighted by Crippen LogP contribution is -2.28. The molecule has 36 heavy (non-hydrogen) atoms. The van der Waals surface area contributed by atoms with Gasteiger partial charge in [0.15, 0.2) is 5.82 Å². The monoisotopic (exact) mass is 498 g/mol. The zero-order chi connectivity index (χ0) is 24.9. The van der Waals surface area contributed by atoms with Gasteiger partial charge in [-0.15, -0.1) is 5.10 Å². The van der Waals surface area contributed by atoms with Gasteiger partial charge >= 0.3 is 0 Å². The van der Waals surface area contributed by atoms with E-state index in [1.54, 1.807) is 0 Å². The van der Waals surface area contributed by atoms with Gasteiger partial charge in [-0.3, -0.25) is 9.69 Å². The van der Waals surface area contributed by atoms with Crippen LogP contribution in [0.25, 0.3) is 10.9 Å². The van der Waals surface area contributed by atoms with E-state index in [1.165, 1.54) is 5.56 Å². The number of aromatic amines is 1. The van der Waals surface area contributed by atoms with Crippen LogP contribution in [-0.4, -0.2) is 30.1 Å². The van der Waals surface area contributed by atoms with Gasteiger partial charge in [0, 0.05) is 35.7 Å². The maximum absolute atomic E-state index is 12.9. The van der Waals surface area contributed by atoms with E-state index in [9.17, 15) is 4.79 Å². The molecule has 0 bridgehead atoms. The first-order valence-electron chi connectivity index (χ1n) is 11.9. The first-order chi connectivity index (χ1) is 17.5. The fourth-order valence-electron chi connectivity index (χ4n) is 4.35. The summed E-state index contributed by atoms with van der Waals surface area (Å²) in [6.07, 6.45) is 0.826. The van der Waals surface area contributed by atoms with E-state index >= 15 is 0 Å². The lowest BCUT2D eigenvalue weighted by molar-refractivity contribution is 0.235.